The molecule has 1 heterocycles. The molecule has 1 saturated heterocycles. The summed E-state index contributed by atoms with van der Waals surface area (Å²) >= 11 is 0. The first-order valence-corrected chi connectivity index (χ1v) is 9.51. The average Bonchev–Trinajstić information content (AvgIpc) is 2.69. The van der Waals surface area contributed by atoms with Crippen molar-refractivity contribution in [1.29, 1.82) is 0 Å². The fourth-order valence-corrected chi connectivity index (χ4v) is 3.65. The minimum atomic E-state index is -0.808. The van der Waals surface area contributed by atoms with Crippen LogP contribution in [0, 0.1) is 12.7 Å². The van der Waals surface area contributed by atoms with Crippen molar-refractivity contribution in [3.8, 4) is 0 Å². The zero-order chi connectivity index (χ0) is 20.1. The Morgan fingerprint density at radius 1 is 1.07 bits per heavy atom. The number of aryl methyl sites for hydroxylation is 1. The van der Waals surface area contributed by atoms with Gasteiger partial charge in [0.05, 0.1) is 0 Å². The minimum absolute atomic E-state index is 0.00289. The highest BCUT2D eigenvalue weighted by atomic mass is 19.1. The van der Waals surface area contributed by atoms with Gasteiger partial charge in [0.2, 0.25) is 0 Å². The van der Waals surface area contributed by atoms with E-state index < -0.39 is 11.8 Å². The van der Waals surface area contributed by atoms with Gasteiger partial charge in [0.25, 0.3) is 5.91 Å². The Morgan fingerprint density at radius 2 is 1.75 bits per heavy atom. The molecule has 0 spiro atoms. The van der Waals surface area contributed by atoms with Crippen LogP contribution in [-0.4, -0.2) is 53.0 Å². The molecule has 148 valence electrons. The molecule has 5 nitrogen and oxygen atoms in total. The number of hydrogen-bond acceptors (Lipinski definition) is 3. The van der Waals surface area contributed by atoms with Crippen LogP contribution in [0.15, 0.2) is 48.5 Å². The van der Waals surface area contributed by atoms with E-state index in [2.05, 4.69) is 4.90 Å². The first kappa shape index (κ1) is 20.0. The van der Waals surface area contributed by atoms with E-state index in [0.29, 0.717) is 38.2 Å². The lowest BCUT2D eigenvalue weighted by Crippen LogP contribution is -2.49. The van der Waals surface area contributed by atoms with E-state index in [1.54, 1.807) is 11.0 Å². The molecule has 1 aliphatic rings. The standard InChI is InChI=1S/C22H25FN2O3/c1-16-5-7-17(8-6-16)20(9-10-21(26)27)24-11-13-25(14-12-24)22(28)18-3-2-4-19(23)15-18/h2-8,15,20H,9-14H2,1H3,(H,26,27)/t20-/m1/s1. The maximum Gasteiger partial charge on any atom is 0.303 e. The fraction of sp³-hybridized carbons (Fsp3) is 0.364. The van der Waals surface area contributed by atoms with E-state index in [9.17, 15) is 14.0 Å². The van der Waals surface area contributed by atoms with E-state index in [1.807, 2.05) is 31.2 Å². The number of carbonyl (C=O) groups is 2. The number of piperazine rings is 1. The SMILES string of the molecule is Cc1ccc([C@@H](CCC(=O)O)N2CCN(C(=O)c3cccc(F)c3)CC2)cc1. The number of aliphatic carboxylic acids is 1. The topological polar surface area (TPSA) is 60.9 Å². The van der Waals surface area contributed by atoms with Gasteiger partial charge in [-0.2, -0.15) is 0 Å². The molecule has 0 aliphatic carbocycles. The van der Waals surface area contributed by atoms with Crippen molar-refractivity contribution in [3.63, 3.8) is 0 Å². The lowest BCUT2D eigenvalue weighted by molar-refractivity contribution is -0.137. The molecule has 0 bridgehead atoms. The van der Waals surface area contributed by atoms with Crippen molar-refractivity contribution < 1.29 is 19.1 Å². The third-order valence-electron chi connectivity index (χ3n) is 5.21. The summed E-state index contributed by atoms with van der Waals surface area (Å²) in [6.45, 7) is 4.39. The molecular formula is C22H25FN2O3. The van der Waals surface area contributed by atoms with Gasteiger partial charge >= 0.3 is 5.97 Å². The molecule has 1 N–H and O–H groups in total. The molecule has 28 heavy (non-hydrogen) atoms. The van der Waals surface area contributed by atoms with Crippen LogP contribution in [0.5, 0.6) is 0 Å². The summed E-state index contributed by atoms with van der Waals surface area (Å²) in [7, 11) is 0. The Balaban J connectivity index is 1.68. The van der Waals surface area contributed by atoms with Crippen LogP contribution < -0.4 is 0 Å². The Labute approximate surface area is 164 Å². The third kappa shape index (κ3) is 4.95. The van der Waals surface area contributed by atoms with Gasteiger partial charge in [-0.3, -0.25) is 14.5 Å². The molecule has 1 amide bonds. The van der Waals surface area contributed by atoms with Gasteiger partial charge < -0.3 is 10.0 Å². The maximum absolute atomic E-state index is 13.4. The number of nitrogens with zero attached hydrogens (tertiary/aromatic N) is 2. The zero-order valence-electron chi connectivity index (χ0n) is 16.0. The Bertz CT molecular complexity index is 830. The van der Waals surface area contributed by atoms with Gasteiger partial charge in [-0.05, 0) is 37.1 Å². The number of amides is 1. The van der Waals surface area contributed by atoms with Crippen molar-refractivity contribution in [2.45, 2.75) is 25.8 Å². The van der Waals surface area contributed by atoms with Crippen molar-refractivity contribution >= 4 is 11.9 Å². The number of rotatable bonds is 6. The second kappa shape index (κ2) is 8.97. The van der Waals surface area contributed by atoms with Crippen LogP contribution in [-0.2, 0) is 4.79 Å². The molecule has 2 aromatic carbocycles. The van der Waals surface area contributed by atoms with Gasteiger partial charge in [0.15, 0.2) is 0 Å². The number of carboxylic acids is 1. The Kier molecular flexibility index (Phi) is 6.41. The summed E-state index contributed by atoms with van der Waals surface area (Å²) in [5.41, 5.74) is 2.61. The highest BCUT2D eigenvalue weighted by Gasteiger charge is 2.28. The average molecular weight is 384 g/mol. The highest BCUT2D eigenvalue weighted by molar-refractivity contribution is 5.94. The molecule has 1 atom stereocenters. The molecular weight excluding hydrogens is 359 g/mol. The number of hydrogen-bond donors (Lipinski definition) is 1. The first-order valence-electron chi connectivity index (χ1n) is 9.51. The molecule has 0 aromatic heterocycles. The summed E-state index contributed by atoms with van der Waals surface area (Å²) < 4.78 is 13.4. The van der Waals surface area contributed by atoms with Crippen molar-refractivity contribution in [1.82, 2.24) is 9.80 Å². The zero-order valence-corrected chi connectivity index (χ0v) is 16.0. The second-order valence-electron chi connectivity index (χ2n) is 7.20. The number of benzene rings is 2. The first-order chi connectivity index (χ1) is 13.4. The maximum atomic E-state index is 13.4. The van der Waals surface area contributed by atoms with Gasteiger partial charge in [-0.1, -0.05) is 35.9 Å². The summed E-state index contributed by atoms with van der Waals surface area (Å²) in [5.74, 6) is -1.40. The van der Waals surface area contributed by atoms with Crippen LogP contribution in [0.3, 0.4) is 0 Å². The van der Waals surface area contributed by atoms with Crippen LogP contribution in [0.4, 0.5) is 4.39 Å². The van der Waals surface area contributed by atoms with Crippen molar-refractivity contribution in [2.75, 3.05) is 26.2 Å². The molecule has 0 unspecified atom stereocenters. The normalized spacial score (nSPS) is 16.0. The molecule has 0 saturated carbocycles. The Hall–Kier alpha value is -2.73. The summed E-state index contributed by atoms with van der Waals surface area (Å²) in [4.78, 5) is 27.7. The van der Waals surface area contributed by atoms with Gasteiger partial charge in [-0.15, -0.1) is 0 Å². The lowest BCUT2D eigenvalue weighted by Gasteiger charge is -2.39. The monoisotopic (exact) mass is 384 g/mol. The number of halogens is 1. The Morgan fingerprint density at radius 3 is 2.36 bits per heavy atom. The molecule has 2 aromatic rings. The van der Waals surface area contributed by atoms with Crippen LogP contribution in [0.25, 0.3) is 0 Å². The van der Waals surface area contributed by atoms with Crippen molar-refractivity contribution in [2.24, 2.45) is 0 Å². The second-order valence-corrected chi connectivity index (χ2v) is 7.20. The molecule has 6 heteroatoms. The van der Waals surface area contributed by atoms with Gasteiger partial charge in [-0.25, -0.2) is 4.39 Å². The number of carbonyl (C=O) groups excluding carboxylic acids is 1. The summed E-state index contributed by atoms with van der Waals surface area (Å²) in [6.07, 6.45) is 0.622. The minimum Gasteiger partial charge on any atom is -0.481 e. The summed E-state index contributed by atoms with van der Waals surface area (Å²) in [5, 5.41) is 9.11. The predicted molar refractivity (Wildman–Crippen MR) is 105 cm³/mol. The molecule has 1 aliphatic heterocycles. The van der Waals surface area contributed by atoms with Crippen LogP contribution in [0.2, 0.25) is 0 Å². The largest absolute Gasteiger partial charge is 0.481 e. The smallest absolute Gasteiger partial charge is 0.303 e. The summed E-state index contributed by atoms with van der Waals surface area (Å²) in [6, 6.07) is 13.9. The molecule has 1 fully saturated rings. The highest BCUT2D eigenvalue weighted by Crippen LogP contribution is 2.27. The van der Waals surface area contributed by atoms with E-state index in [-0.39, 0.29) is 18.4 Å². The predicted octanol–water partition coefficient (Wildman–Crippen LogP) is 3.50. The quantitative estimate of drug-likeness (QED) is 0.828. The van der Waals surface area contributed by atoms with Crippen LogP contribution >= 0.6 is 0 Å². The number of carboxylic acid groups (broad SMARTS) is 1. The van der Waals surface area contributed by atoms with E-state index in [4.69, 9.17) is 5.11 Å². The molecule has 3 rings (SSSR count). The van der Waals surface area contributed by atoms with Crippen molar-refractivity contribution in [3.05, 3.63) is 71.0 Å². The van der Waals surface area contributed by atoms with E-state index >= 15 is 0 Å². The third-order valence-corrected chi connectivity index (χ3v) is 5.21. The fourth-order valence-electron chi connectivity index (χ4n) is 3.65. The van der Waals surface area contributed by atoms with Crippen LogP contribution in [0.1, 0.15) is 40.4 Å². The molecule has 0 radical (unpaired) electrons. The van der Waals surface area contributed by atoms with E-state index in [1.165, 1.54) is 18.2 Å². The van der Waals surface area contributed by atoms with E-state index in [0.717, 1.165) is 11.1 Å². The van der Waals surface area contributed by atoms with Gasteiger partial charge in [0, 0.05) is 44.2 Å². The van der Waals surface area contributed by atoms with Gasteiger partial charge in [0.1, 0.15) is 5.82 Å². The lowest BCUT2D eigenvalue weighted by atomic mass is 9.98.